The van der Waals surface area contributed by atoms with Crippen LogP contribution in [-0.4, -0.2) is 39.8 Å². The number of hydrogen-bond donors (Lipinski definition) is 2. The molecule has 124 valence electrons. The second-order valence-corrected chi connectivity index (χ2v) is 5.90. The van der Waals surface area contributed by atoms with Crippen LogP contribution >= 0.6 is 11.3 Å². The van der Waals surface area contributed by atoms with E-state index >= 15 is 0 Å². The predicted octanol–water partition coefficient (Wildman–Crippen LogP) is 1.46. The molecule has 0 aliphatic carbocycles. The number of amides is 1. The van der Waals surface area contributed by atoms with E-state index in [1.54, 1.807) is 36.6 Å². The van der Waals surface area contributed by atoms with Gasteiger partial charge in [0.15, 0.2) is 0 Å². The summed E-state index contributed by atoms with van der Waals surface area (Å²) in [6.45, 7) is 0.904. The molecular weight excluding hydrogens is 328 g/mol. The van der Waals surface area contributed by atoms with Gasteiger partial charge in [0.1, 0.15) is 17.8 Å². The molecular formula is C15H16N6O2S. The highest BCUT2D eigenvalue weighted by atomic mass is 32.1. The van der Waals surface area contributed by atoms with Gasteiger partial charge in [-0.3, -0.25) is 4.79 Å². The Labute approximate surface area is 142 Å². The van der Waals surface area contributed by atoms with E-state index in [9.17, 15) is 4.79 Å². The molecule has 0 radical (unpaired) electrons. The summed E-state index contributed by atoms with van der Waals surface area (Å²) in [4.78, 5) is 13.2. The Bertz CT molecular complexity index is 788. The van der Waals surface area contributed by atoms with Gasteiger partial charge in [0.2, 0.25) is 5.91 Å². The molecule has 0 bridgehead atoms. The number of ether oxygens (including phenoxy) is 1. The summed E-state index contributed by atoms with van der Waals surface area (Å²) in [5, 5.41) is 19.0. The maximum absolute atomic E-state index is 12.0. The SMILES string of the molecule is COc1cc(NC(=O)CNCc2cccs2)ccc1-n1cnnn1. The van der Waals surface area contributed by atoms with Gasteiger partial charge in [-0.1, -0.05) is 6.07 Å². The second kappa shape index (κ2) is 7.66. The third-order valence-corrected chi connectivity index (χ3v) is 4.10. The zero-order valence-electron chi connectivity index (χ0n) is 13.0. The lowest BCUT2D eigenvalue weighted by Crippen LogP contribution is -2.27. The Morgan fingerprint density at radius 2 is 2.29 bits per heavy atom. The van der Waals surface area contributed by atoms with Crippen molar-refractivity contribution in [3.63, 3.8) is 0 Å². The molecule has 0 atom stereocenters. The van der Waals surface area contributed by atoms with Crippen molar-refractivity contribution in [2.75, 3.05) is 19.0 Å². The zero-order chi connectivity index (χ0) is 16.8. The molecule has 0 saturated carbocycles. The molecule has 0 spiro atoms. The molecule has 1 amide bonds. The molecule has 0 fully saturated rings. The van der Waals surface area contributed by atoms with E-state index in [0.717, 1.165) is 0 Å². The first-order valence-electron chi connectivity index (χ1n) is 7.20. The van der Waals surface area contributed by atoms with Crippen molar-refractivity contribution in [2.24, 2.45) is 0 Å². The Morgan fingerprint density at radius 1 is 1.38 bits per heavy atom. The number of carbonyl (C=O) groups excluding carboxylic acids is 1. The van der Waals surface area contributed by atoms with E-state index in [4.69, 9.17) is 4.74 Å². The Balaban J connectivity index is 1.59. The van der Waals surface area contributed by atoms with Gasteiger partial charge in [-0.15, -0.1) is 16.4 Å². The third kappa shape index (κ3) is 3.94. The van der Waals surface area contributed by atoms with Crippen LogP contribution < -0.4 is 15.4 Å². The van der Waals surface area contributed by atoms with E-state index in [-0.39, 0.29) is 12.5 Å². The van der Waals surface area contributed by atoms with Crippen molar-refractivity contribution in [3.05, 3.63) is 46.9 Å². The standard InChI is InChI=1S/C15H16N6O2S/c1-23-14-7-11(4-5-13(14)21-10-17-19-20-21)18-15(22)9-16-8-12-3-2-6-24-12/h2-7,10,16H,8-9H2,1H3,(H,18,22). The minimum absolute atomic E-state index is 0.121. The van der Waals surface area contributed by atoms with Crippen LogP contribution in [0.5, 0.6) is 5.75 Å². The van der Waals surface area contributed by atoms with Crippen LogP contribution in [0.25, 0.3) is 5.69 Å². The van der Waals surface area contributed by atoms with E-state index < -0.39 is 0 Å². The summed E-state index contributed by atoms with van der Waals surface area (Å²) in [6.07, 6.45) is 1.48. The van der Waals surface area contributed by atoms with Gasteiger partial charge >= 0.3 is 0 Å². The molecule has 1 aromatic carbocycles. The molecule has 2 N–H and O–H groups in total. The maximum Gasteiger partial charge on any atom is 0.238 e. The Kier molecular flexibility index (Phi) is 5.14. The van der Waals surface area contributed by atoms with Gasteiger partial charge in [0, 0.05) is 23.2 Å². The highest BCUT2D eigenvalue weighted by Gasteiger charge is 2.09. The van der Waals surface area contributed by atoms with Crippen molar-refractivity contribution in [1.82, 2.24) is 25.5 Å². The lowest BCUT2D eigenvalue weighted by Gasteiger charge is -2.11. The molecule has 9 heteroatoms. The second-order valence-electron chi connectivity index (χ2n) is 4.87. The van der Waals surface area contributed by atoms with Crippen LogP contribution in [0.2, 0.25) is 0 Å². The molecule has 3 aromatic rings. The van der Waals surface area contributed by atoms with Crippen molar-refractivity contribution < 1.29 is 9.53 Å². The van der Waals surface area contributed by atoms with Crippen molar-refractivity contribution in [3.8, 4) is 11.4 Å². The number of carbonyl (C=O) groups is 1. The number of anilines is 1. The fourth-order valence-corrected chi connectivity index (χ4v) is 2.81. The summed E-state index contributed by atoms with van der Waals surface area (Å²) in [7, 11) is 1.55. The van der Waals surface area contributed by atoms with Crippen LogP contribution in [0.3, 0.4) is 0 Å². The summed E-state index contributed by atoms with van der Waals surface area (Å²) in [5.74, 6) is 0.440. The molecule has 3 rings (SSSR count). The number of nitrogens with one attached hydrogen (secondary N) is 2. The summed E-state index contributed by atoms with van der Waals surface area (Å²) >= 11 is 1.65. The van der Waals surface area contributed by atoms with E-state index in [1.807, 2.05) is 17.5 Å². The first-order chi connectivity index (χ1) is 11.8. The first kappa shape index (κ1) is 16.1. The number of hydrogen-bond acceptors (Lipinski definition) is 7. The highest BCUT2D eigenvalue weighted by molar-refractivity contribution is 7.09. The quantitative estimate of drug-likeness (QED) is 0.674. The van der Waals surface area contributed by atoms with Crippen LogP contribution in [0, 0.1) is 0 Å². The molecule has 0 aliphatic heterocycles. The van der Waals surface area contributed by atoms with Crippen molar-refractivity contribution >= 4 is 22.9 Å². The average molecular weight is 344 g/mol. The molecule has 8 nitrogen and oxygen atoms in total. The number of tetrazole rings is 1. The van der Waals surface area contributed by atoms with Crippen molar-refractivity contribution in [1.29, 1.82) is 0 Å². The van der Waals surface area contributed by atoms with Crippen LogP contribution in [0.4, 0.5) is 5.69 Å². The van der Waals surface area contributed by atoms with Crippen LogP contribution in [0.15, 0.2) is 42.0 Å². The lowest BCUT2D eigenvalue weighted by molar-refractivity contribution is -0.115. The monoisotopic (exact) mass is 344 g/mol. The van der Waals surface area contributed by atoms with E-state index in [2.05, 4.69) is 26.2 Å². The summed E-state index contributed by atoms with van der Waals surface area (Å²) in [5.41, 5.74) is 1.34. The molecule has 24 heavy (non-hydrogen) atoms. The highest BCUT2D eigenvalue weighted by Crippen LogP contribution is 2.25. The molecule has 0 aliphatic rings. The smallest absolute Gasteiger partial charge is 0.238 e. The van der Waals surface area contributed by atoms with Crippen LogP contribution in [0.1, 0.15) is 4.88 Å². The van der Waals surface area contributed by atoms with Gasteiger partial charge in [-0.05, 0) is 34.0 Å². The summed E-state index contributed by atoms with van der Waals surface area (Å²) < 4.78 is 6.83. The van der Waals surface area contributed by atoms with Gasteiger partial charge < -0.3 is 15.4 Å². The minimum Gasteiger partial charge on any atom is -0.494 e. The normalized spacial score (nSPS) is 10.5. The first-order valence-corrected chi connectivity index (χ1v) is 8.08. The Hall–Kier alpha value is -2.78. The zero-order valence-corrected chi connectivity index (χ0v) is 13.8. The van der Waals surface area contributed by atoms with E-state index in [0.29, 0.717) is 23.7 Å². The number of thiophene rings is 1. The number of nitrogens with zero attached hydrogens (tertiary/aromatic N) is 4. The van der Waals surface area contributed by atoms with Gasteiger partial charge in [0.25, 0.3) is 0 Å². The lowest BCUT2D eigenvalue weighted by atomic mass is 10.2. The topological polar surface area (TPSA) is 94.0 Å². The Morgan fingerprint density at radius 3 is 3.00 bits per heavy atom. The minimum atomic E-state index is -0.121. The van der Waals surface area contributed by atoms with Gasteiger partial charge in [0.05, 0.1) is 13.7 Å². The number of methoxy groups -OCH3 is 1. The van der Waals surface area contributed by atoms with Gasteiger partial charge in [-0.25, -0.2) is 0 Å². The molecule has 2 heterocycles. The van der Waals surface area contributed by atoms with Gasteiger partial charge in [-0.2, -0.15) is 4.68 Å². The average Bonchev–Trinajstić information content (AvgIpc) is 3.28. The van der Waals surface area contributed by atoms with E-state index in [1.165, 1.54) is 15.9 Å². The number of rotatable bonds is 7. The molecule has 0 saturated heterocycles. The van der Waals surface area contributed by atoms with Crippen molar-refractivity contribution in [2.45, 2.75) is 6.54 Å². The fourth-order valence-electron chi connectivity index (χ4n) is 2.13. The number of aromatic nitrogens is 4. The summed E-state index contributed by atoms with van der Waals surface area (Å²) in [6, 6.07) is 9.30. The maximum atomic E-state index is 12.0. The van der Waals surface area contributed by atoms with Crippen LogP contribution in [-0.2, 0) is 11.3 Å². The third-order valence-electron chi connectivity index (χ3n) is 3.22. The largest absolute Gasteiger partial charge is 0.494 e. The molecule has 0 unspecified atom stereocenters. The fraction of sp³-hybridized carbons (Fsp3) is 0.200. The number of benzene rings is 1. The molecule has 2 aromatic heterocycles. The predicted molar refractivity (Wildman–Crippen MR) is 90.4 cm³/mol.